The maximum Gasteiger partial charge on any atom is 0.432 e. The summed E-state index contributed by atoms with van der Waals surface area (Å²) >= 11 is 0. The van der Waals surface area contributed by atoms with Gasteiger partial charge in [0.25, 0.3) is 0 Å². The second-order valence-electron chi connectivity index (χ2n) is 7.14. The summed E-state index contributed by atoms with van der Waals surface area (Å²) in [5.41, 5.74) is -1.40. The van der Waals surface area contributed by atoms with E-state index in [4.69, 9.17) is 0 Å². The van der Waals surface area contributed by atoms with Crippen molar-refractivity contribution in [3.63, 3.8) is 0 Å². The second-order valence-corrected chi connectivity index (χ2v) is 7.14. The summed E-state index contributed by atoms with van der Waals surface area (Å²) in [6, 6.07) is 2.00. The molecule has 0 bridgehead atoms. The van der Waals surface area contributed by atoms with E-state index < -0.39 is 46.5 Å². The van der Waals surface area contributed by atoms with E-state index in [-0.39, 0.29) is 23.6 Å². The molecule has 3 rings (SSSR count). The fourth-order valence-electron chi connectivity index (χ4n) is 3.49. The van der Waals surface area contributed by atoms with Crippen molar-refractivity contribution >= 4 is 0 Å². The van der Waals surface area contributed by atoms with Crippen LogP contribution in [0.4, 0.5) is 30.7 Å². The molecule has 1 aliphatic rings. The van der Waals surface area contributed by atoms with E-state index in [0.29, 0.717) is 18.8 Å². The molecule has 1 saturated carbocycles. The van der Waals surface area contributed by atoms with Crippen molar-refractivity contribution < 1.29 is 35.5 Å². The van der Waals surface area contributed by atoms with Gasteiger partial charge >= 0.3 is 6.11 Å². The summed E-state index contributed by atoms with van der Waals surface area (Å²) in [7, 11) is 0. The van der Waals surface area contributed by atoms with Gasteiger partial charge in [-0.3, -0.25) is 0 Å². The lowest BCUT2D eigenvalue weighted by Crippen LogP contribution is -2.26. The van der Waals surface area contributed by atoms with Gasteiger partial charge in [-0.05, 0) is 42.4 Å². The van der Waals surface area contributed by atoms with Crippen molar-refractivity contribution in [1.29, 1.82) is 0 Å². The smallest absolute Gasteiger partial charge is 0.429 e. The summed E-state index contributed by atoms with van der Waals surface area (Å²) in [6.07, 6.45) is -1.43. The Kier molecular flexibility index (Phi) is 5.59. The highest BCUT2D eigenvalue weighted by Crippen LogP contribution is 2.40. The molecule has 2 aromatic carbocycles. The molecule has 2 aromatic rings. The quantitative estimate of drug-likeness (QED) is 0.401. The average Bonchev–Trinajstić information content (AvgIpc) is 2.59. The Balaban J connectivity index is 1.89. The second kappa shape index (κ2) is 7.64. The van der Waals surface area contributed by atoms with Crippen molar-refractivity contribution in [2.75, 3.05) is 0 Å². The van der Waals surface area contributed by atoms with Crippen LogP contribution in [-0.4, -0.2) is 0 Å². The minimum Gasteiger partial charge on any atom is -0.429 e. The number of ether oxygens (including phenoxy) is 1. The third-order valence-corrected chi connectivity index (χ3v) is 5.05. The molecule has 0 N–H and O–H groups in total. The average molecular weight is 406 g/mol. The molecule has 8 heteroatoms. The molecule has 0 spiro atoms. The molecule has 0 radical (unpaired) electrons. The van der Waals surface area contributed by atoms with E-state index in [0.717, 1.165) is 25.0 Å². The van der Waals surface area contributed by atoms with Crippen LogP contribution < -0.4 is 4.74 Å². The van der Waals surface area contributed by atoms with Crippen LogP contribution in [0.3, 0.4) is 0 Å². The molecule has 0 saturated heterocycles. The van der Waals surface area contributed by atoms with Crippen LogP contribution in [0.2, 0.25) is 0 Å². The molecule has 1 aliphatic carbocycles. The zero-order chi connectivity index (χ0) is 20.6. The Morgan fingerprint density at radius 2 is 1.29 bits per heavy atom. The van der Waals surface area contributed by atoms with Gasteiger partial charge in [0.2, 0.25) is 0 Å². The van der Waals surface area contributed by atoms with Gasteiger partial charge < -0.3 is 4.74 Å². The van der Waals surface area contributed by atoms with Gasteiger partial charge in [-0.15, -0.1) is 0 Å². The standard InChI is InChI=1S/C20H17F7O/c1-10-2-4-11(5-3-10)12-6-14(21)18(15(22)7-12)20(26,27)28-13-8-16(23)19(25)17(24)9-13/h6-11H,2-5H2,1H3. The molecule has 1 fully saturated rings. The molecular formula is C20H17F7O. The maximum atomic E-state index is 14.4. The van der Waals surface area contributed by atoms with Crippen LogP contribution in [-0.2, 0) is 6.11 Å². The highest BCUT2D eigenvalue weighted by atomic mass is 19.3. The van der Waals surface area contributed by atoms with Crippen LogP contribution >= 0.6 is 0 Å². The minimum atomic E-state index is -4.56. The Bertz CT molecular complexity index is 827. The van der Waals surface area contributed by atoms with Crippen molar-refractivity contribution in [2.24, 2.45) is 5.92 Å². The van der Waals surface area contributed by atoms with E-state index >= 15 is 0 Å². The Hall–Kier alpha value is -2.25. The third-order valence-electron chi connectivity index (χ3n) is 5.05. The first-order valence-corrected chi connectivity index (χ1v) is 8.79. The molecule has 152 valence electrons. The number of halogens is 7. The van der Waals surface area contributed by atoms with Crippen LogP contribution in [0, 0.1) is 35.0 Å². The van der Waals surface area contributed by atoms with Crippen molar-refractivity contribution in [2.45, 2.75) is 44.6 Å². The van der Waals surface area contributed by atoms with Crippen molar-refractivity contribution in [3.05, 3.63) is 64.5 Å². The zero-order valence-corrected chi connectivity index (χ0v) is 14.8. The maximum absolute atomic E-state index is 14.4. The highest BCUT2D eigenvalue weighted by molar-refractivity contribution is 5.33. The minimum absolute atomic E-state index is 0.135. The Labute approximate surface area is 157 Å². The van der Waals surface area contributed by atoms with Gasteiger partial charge in [0, 0.05) is 12.1 Å². The van der Waals surface area contributed by atoms with Crippen LogP contribution in [0.25, 0.3) is 0 Å². The van der Waals surface area contributed by atoms with Crippen LogP contribution in [0.5, 0.6) is 5.75 Å². The first-order valence-electron chi connectivity index (χ1n) is 8.79. The SMILES string of the molecule is CC1CCC(c2cc(F)c(C(F)(F)Oc3cc(F)c(F)c(F)c3)c(F)c2)CC1. The predicted octanol–water partition coefficient (Wildman–Crippen LogP) is 6.80. The third kappa shape index (κ3) is 4.10. The Morgan fingerprint density at radius 3 is 1.79 bits per heavy atom. The van der Waals surface area contributed by atoms with E-state index in [1.165, 1.54) is 0 Å². The van der Waals surface area contributed by atoms with Gasteiger partial charge in [0.15, 0.2) is 17.5 Å². The summed E-state index contributed by atoms with van der Waals surface area (Å²) in [6.45, 7) is 2.07. The topological polar surface area (TPSA) is 9.23 Å². The molecule has 0 aromatic heterocycles. The van der Waals surface area contributed by atoms with Gasteiger partial charge in [0.05, 0.1) is 0 Å². The van der Waals surface area contributed by atoms with Gasteiger partial charge in [0.1, 0.15) is 22.9 Å². The lowest BCUT2D eigenvalue weighted by molar-refractivity contribution is -0.189. The highest BCUT2D eigenvalue weighted by Gasteiger charge is 2.42. The van der Waals surface area contributed by atoms with Crippen LogP contribution in [0.15, 0.2) is 24.3 Å². The van der Waals surface area contributed by atoms with E-state index in [1.807, 2.05) is 0 Å². The fraction of sp³-hybridized carbons (Fsp3) is 0.400. The van der Waals surface area contributed by atoms with Crippen LogP contribution in [0.1, 0.15) is 49.7 Å². The molecule has 28 heavy (non-hydrogen) atoms. The molecule has 0 aliphatic heterocycles. The predicted molar refractivity (Wildman–Crippen MR) is 87.6 cm³/mol. The number of alkyl halides is 2. The molecule has 0 unspecified atom stereocenters. The van der Waals surface area contributed by atoms with Crippen molar-refractivity contribution in [3.8, 4) is 5.75 Å². The lowest BCUT2D eigenvalue weighted by Gasteiger charge is -2.27. The number of benzene rings is 2. The summed E-state index contributed by atoms with van der Waals surface area (Å²) < 4.78 is 101. The largest absolute Gasteiger partial charge is 0.432 e. The Morgan fingerprint density at radius 1 is 0.786 bits per heavy atom. The normalized spacial score (nSPS) is 20.3. The van der Waals surface area contributed by atoms with E-state index in [2.05, 4.69) is 11.7 Å². The van der Waals surface area contributed by atoms with E-state index in [1.54, 1.807) is 0 Å². The van der Waals surface area contributed by atoms with Gasteiger partial charge in [-0.1, -0.05) is 19.8 Å². The molecule has 1 nitrogen and oxygen atoms in total. The molecule has 0 amide bonds. The zero-order valence-electron chi connectivity index (χ0n) is 14.8. The van der Waals surface area contributed by atoms with E-state index in [9.17, 15) is 30.7 Å². The van der Waals surface area contributed by atoms with Crippen molar-refractivity contribution in [1.82, 2.24) is 0 Å². The molecule has 0 atom stereocenters. The summed E-state index contributed by atoms with van der Waals surface area (Å²) in [4.78, 5) is 0. The summed E-state index contributed by atoms with van der Waals surface area (Å²) in [5.74, 6) is -9.21. The fourth-order valence-corrected chi connectivity index (χ4v) is 3.49. The first-order chi connectivity index (χ1) is 13.1. The molecular weight excluding hydrogens is 389 g/mol. The summed E-state index contributed by atoms with van der Waals surface area (Å²) in [5, 5.41) is 0. The molecule has 0 heterocycles. The lowest BCUT2D eigenvalue weighted by atomic mass is 9.79. The number of hydrogen-bond donors (Lipinski definition) is 0. The monoisotopic (exact) mass is 406 g/mol. The van der Waals surface area contributed by atoms with Gasteiger partial charge in [-0.2, -0.15) is 8.78 Å². The number of rotatable bonds is 4. The van der Waals surface area contributed by atoms with Gasteiger partial charge in [-0.25, -0.2) is 22.0 Å². The number of hydrogen-bond acceptors (Lipinski definition) is 1. The first kappa shape index (κ1) is 20.5.